The largest absolute Gasteiger partial charge is 0.462 e. The van der Waals surface area contributed by atoms with Crippen molar-refractivity contribution in [1.29, 1.82) is 0 Å². The lowest BCUT2D eigenvalue weighted by Gasteiger charge is -2.18. The van der Waals surface area contributed by atoms with Crippen molar-refractivity contribution < 1.29 is 14.3 Å². The number of para-hydroxylation sites is 1. The van der Waals surface area contributed by atoms with E-state index in [9.17, 15) is 9.59 Å². The number of esters is 1. The molecule has 5 rings (SSSR count). The highest BCUT2D eigenvalue weighted by atomic mass is 32.2. The Morgan fingerprint density at radius 3 is 2.14 bits per heavy atom. The summed E-state index contributed by atoms with van der Waals surface area (Å²) < 4.78 is 5.38. The molecule has 1 amide bonds. The number of nitrogens with one attached hydrogen (secondary N) is 3. The molecule has 5 aromatic rings. The molecule has 0 bridgehead atoms. The number of amides is 1. The second-order valence-corrected chi connectivity index (χ2v) is 11.8. The van der Waals surface area contributed by atoms with Gasteiger partial charge < -0.3 is 20.7 Å². The van der Waals surface area contributed by atoms with Crippen molar-refractivity contribution >= 4 is 68.7 Å². The van der Waals surface area contributed by atoms with E-state index in [1.165, 1.54) is 23.1 Å². The molecule has 1 atom stereocenters. The van der Waals surface area contributed by atoms with Gasteiger partial charge in [-0.05, 0) is 60.6 Å². The van der Waals surface area contributed by atoms with Crippen molar-refractivity contribution in [3.8, 4) is 11.1 Å². The third kappa shape index (κ3) is 7.90. The van der Waals surface area contributed by atoms with Crippen LogP contribution in [0.15, 0.2) is 126 Å². The van der Waals surface area contributed by atoms with E-state index in [4.69, 9.17) is 17.0 Å². The molecule has 0 aliphatic heterocycles. The number of ether oxygens (including phenoxy) is 1. The van der Waals surface area contributed by atoms with Crippen LogP contribution < -0.4 is 16.0 Å². The fourth-order valence-electron chi connectivity index (χ4n) is 4.36. The Hall–Kier alpha value is -4.44. The zero-order chi connectivity index (χ0) is 30.0. The summed E-state index contributed by atoms with van der Waals surface area (Å²) in [5, 5.41) is 11.6. The summed E-state index contributed by atoms with van der Waals surface area (Å²) >= 11 is 8.22. The van der Waals surface area contributed by atoms with Crippen LogP contribution in [0.3, 0.4) is 0 Å². The molecule has 1 aromatic heterocycles. The molecule has 216 valence electrons. The summed E-state index contributed by atoms with van der Waals surface area (Å²) in [4.78, 5) is 27.9. The molecule has 4 aromatic carbocycles. The molecule has 9 heteroatoms. The number of thioether (sulfide) groups is 1. The first-order valence-electron chi connectivity index (χ1n) is 13.6. The minimum absolute atomic E-state index is 0.230. The fourth-order valence-corrected chi connectivity index (χ4v) is 6.64. The van der Waals surface area contributed by atoms with Gasteiger partial charge in [-0.2, -0.15) is 0 Å². The van der Waals surface area contributed by atoms with Crippen LogP contribution in [0.25, 0.3) is 11.1 Å². The third-order valence-electron chi connectivity index (χ3n) is 6.31. The maximum Gasteiger partial charge on any atom is 0.341 e. The Labute approximate surface area is 264 Å². The Bertz CT molecular complexity index is 1690. The fraction of sp³-hybridized carbons (Fsp3) is 0.0882. The highest BCUT2D eigenvalue weighted by Crippen LogP contribution is 2.40. The van der Waals surface area contributed by atoms with Gasteiger partial charge in [-0.25, -0.2) is 4.79 Å². The van der Waals surface area contributed by atoms with Crippen LogP contribution in [0.4, 0.5) is 16.4 Å². The van der Waals surface area contributed by atoms with Gasteiger partial charge in [0.15, 0.2) is 5.11 Å². The average Bonchev–Trinajstić information content (AvgIpc) is 3.45. The van der Waals surface area contributed by atoms with Gasteiger partial charge in [-0.15, -0.1) is 23.1 Å². The van der Waals surface area contributed by atoms with Gasteiger partial charge in [-0.1, -0.05) is 84.9 Å². The van der Waals surface area contributed by atoms with E-state index in [-0.39, 0.29) is 12.5 Å². The molecule has 0 aliphatic rings. The normalized spacial score (nSPS) is 11.3. The zero-order valence-electron chi connectivity index (χ0n) is 23.3. The molecule has 0 aliphatic carbocycles. The van der Waals surface area contributed by atoms with E-state index >= 15 is 0 Å². The summed E-state index contributed by atoms with van der Waals surface area (Å²) in [5.74, 6) is -0.719. The molecular formula is C34H29N3O3S3. The van der Waals surface area contributed by atoms with E-state index in [2.05, 4.69) is 16.0 Å². The first kappa shape index (κ1) is 30.0. The molecule has 1 unspecified atom stereocenters. The molecule has 3 N–H and O–H groups in total. The molecule has 0 spiro atoms. The Balaban J connectivity index is 1.39. The zero-order valence-corrected chi connectivity index (χ0v) is 25.7. The Morgan fingerprint density at radius 1 is 0.814 bits per heavy atom. The first-order valence-corrected chi connectivity index (χ1v) is 15.8. The summed E-state index contributed by atoms with van der Waals surface area (Å²) in [6, 6.07) is 36.6. The van der Waals surface area contributed by atoms with Crippen LogP contribution in [-0.4, -0.2) is 23.6 Å². The van der Waals surface area contributed by atoms with Gasteiger partial charge in [0, 0.05) is 27.2 Å². The molecule has 43 heavy (non-hydrogen) atoms. The van der Waals surface area contributed by atoms with Crippen molar-refractivity contribution in [3.05, 3.63) is 132 Å². The minimum atomic E-state index is -0.594. The van der Waals surface area contributed by atoms with Gasteiger partial charge in [-0.3, -0.25) is 4.79 Å². The smallest absolute Gasteiger partial charge is 0.341 e. The Kier molecular flexibility index (Phi) is 10.2. The second kappa shape index (κ2) is 14.6. The van der Waals surface area contributed by atoms with Gasteiger partial charge in [0.25, 0.3) is 0 Å². The highest BCUT2D eigenvalue weighted by Gasteiger charge is 2.27. The molecule has 1 heterocycles. The van der Waals surface area contributed by atoms with Gasteiger partial charge in [0.1, 0.15) is 15.8 Å². The predicted octanol–water partition coefficient (Wildman–Crippen LogP) is 8.87. The van der Waals surface area contributed by atoms with Gasteiger partial charge in [0.05, 0.1) is 6.61 Å². The predicted molar refractivity (Wildman–Crippen MR) is 182 cm³/mol. The van der Waals surface area contributed by atoms with Crippen molar-refractivity contribution in [1.82, 2.24) is 0 Å². The number of benzene rings is 4. The number of hydrogen-bond donors (Lipinski definition) is 3. The molecule has 0 fully saturated rings. The summed E-state index contributed by atoms with van der Waals surface area (Å²) in [7, 11) is 0. The lowest BCUT2D eigenvalue weighted by atomic mass is 10.0. The van der Waals surface area contributed by atoms with Crippen LogP contribution >= 0.6 is 35.3 Å². The minimum Gasteiger partial charge on any atom is -0.462 e. The van der Waals surface area contributed by atoms with Crippen LogP contribution in [-0.2, 0) is 9.53 Å². The van der Waals surface area contributed by atoms with Crippen molar-refractivity contribution in [2.24, 2.45) is 0 Å². The Morgan fingerprint density at radius 2 is 1.44 bits per heavy atom. The summed E-state index contributed by atoms with van der Waals surface area (Å²) in [6.45, 7) is 1.99. The van der Waals surface area contributed by atoms with Gasteiger partial charge in [0.2, 0.25) is 5.91 Å². The monoisotopic (exact) mass is 623 g/mol. The summed E-state index contributed by atoms with van der Waals surface area (Å²) in [6.07, 6.45) is 0. The number of hydrogen-bond acceptors (Lipinski definition) is 6. The van der Waals surface area contributed by atoms with E-state index in [1.807, 2.05) is 121 Å². The number of carbonyl (C=O) groups excluding carboxylic acids is 2. The van der Waals surface area contributed by atoms with Gasteiger partial charge >= 0.3 is 5.97 Å². The number of thiophene rings is 1. The molecular weight excluding hydrogens is 595 g/mol. The standard InChI is InChI=1S/C34H29N3O3S3/c1-2-40-33(39)29-28(23-13-6-3-7-14-23)22-42-32(29)37-31(38)30(24-15-8-4-9-16-24)43-27-20-12-19-26(21-27)36-34(41)35-25-17-10-5-11-18-25/h3-22,30H,2H2,1H3,(H,37,38)(H2,35,36,41). The second-order valence-electron chi connectivity index (χ2n) is 9.31. The quantitative estimate of drug-likeness (QED) is 0.0815. The van der Waals surface area contributed by atoms with Crippen LogP contribution in [0, 0.1) is 0 Å². The lowest BCUT2D eigenvalue weighted by Crippen LogP contribution is -2.20. The van der Waals surface area contributed by atoms with Crippen molar-refractivity contribution in [2.75, 3.05) is 22.6 Å². The topological polar surface area (TPSA) is 79.5 Å². The van der Waals surface area contributed by atoms with Crippen LogP contribution in [0.2, 0.25) is 0 Å². The van der Waals surface area contributed by atoms with E-state index in [1.54, 1.807) is 6.92 Å². The van der Waals surface area contributed by atoms with E-state index in [0.717, 1.165) is 33.0 Å². The number of carbonyl (C=O) groups is 2. The number of thiocarbonyl (C=S) groups is 1. The SMILES string of the molecule is CCOC(=O)c1c(-c2ccccc2)csc1NC(=O)C(Sc1cccc(NC(=S)Nc2ccccc2)c1)c1ccccc1. The maximum atomic E-state index is 13.9. The first-order chi connectivity index (χ1) is 21.0. The van der Waals surface area contributed by atoms with Crippen LogP contribution in [0.1, 0.15) is 28.1 Å². The average molecular weight is 624 g/mol. The molecule has 0 radical (unpaired) electrons. The highest BCUT2D eigenvalue weighted by molar-refractivity contribution is 8.00. The molecule has 0 saturated heterocycles. The number of rotatable bonds is 10. The number of anilines is 3. The van der Waals surface area contributed by atoms with Crippen molar-refractivity contribution in [3.63, 3.8) is 0 Å². The van der Waals surface area contributed by atoms with E-state index < -0.39 is 11.2 Å². The molecule has 6 nitrogen and oxygen atoms in total. The van der Waals surface area contributed by atoms with Crippen LogP contribution in [0.5, 0.6) is 0 Å². The van der Waals surface area contributed by atoms with Crippen molar-refractivity contribution in [2.45, 2.75) is 17.1 Å². The molecule has 0 saturated carbocycles. The lowest BCUT2D eigenvalue weighted by molar-refractivity contribution is -0.115. The third-order valence-corrected chi connectivity index (χ3v) is 8.66. The summed E-state index contributed by atoms with van der Waals surface area (Å²) in [5.41, 5.74) is 4.47. The van der Waals surface area contributed by atoms with E-state index in [0.29, 0.717) is 15.7 Å². The maximum absolute atomic E-state index is 13.9.